The molecule has 0 aliphatic rings. The summed E-state index contributed by atoms with van der Waals surface area (Å²) in [6.07, 6.45) is 0. The number of hydrogen-bond donors (Lipinski definition) is 0. The van der Waals surface area contributed by atoms with Gasteiger partial charge in [-0.2, -0.15) is 0 Å². The lowest BCUT2D eigenvalue weighted by Crippen LogP contribution is -2.12. The van der Waals surface area contributed by atoms with Crippen LogP contribution in [0, 0.1) is 0 Å². The van der Waals surface area contributed by atoms with Gasteiger partial charge in [0.1, 0.15) is 6.61 Å². The molecular weight excluding hydrogens is 260 g/mol. The van der Waals surface area contributed by atoms with E-state index in [2.05, 4.69) is 0 Å². The summed E-state index contributed by atoms with van der Waals surface area (Å²) < 4.78 is 26.6. The minimum atomic E-state index is 0.488. The number of benzene rings is 1. The highest BCUT2D eigenvalue weighted by Crippen LogP contribution is 2.26. The van der Waals surface area contributed by atoms with Crippen molar-refractivity contribution in [1.29, 1.82) is 0 Å². The molecule has 1 aromatic rings. The molecule has 5 nitrogen and oxygen atoms in total. The highest BCUT2D eigenvalue weighted by atomic mass is 16.6. The molecule has 0 saturated carbocycles. The van der Waals surface area contributed by atoms with Crippen molar-refractivity contribution in [2.75, 3.05) is 53.4 Å². The normalized spacial score (nSPS) is 10.5. The topological polar surface area (TPSA) is 46.2 Å². The van der Waals surface area contributed by atoms with Crippen molar-refractivity contribution < 1.29 is 23.7 Å². The van der Waals surface area contributed by atoms with Crippen LogP contribution in [0.5, 0.6) is 11.5 Å². The maximum Gasteiger partial charge on any atom is 0.161 e. The molecule has 0 radical (unpaired) electrons. The van der Waals surface area contributed by atoms with E-state index in [-0.39, 0.29) is 0 Å². The van der Waals surface area contributed by atoms with Gasteiger partial charge in [0, 0.05) is 7.11 Å². The van der Waals surface area contributed by atoms with Crippen LogP contribution in [-0.4, -0.2) is 53.4 Å². The van der Waals surface area contributed by atoms with E-state index in [4.69, 9.17) is 23.7 Å². The minimum Gasteiger partial charge on any atom is -0.490 e. The first-order valence-electron chi connectivity index (χ1n) is 6.87. The lowest BCUT2D eigenvalue weighted by molar-refractivity contribution is 0.0178. The molecule has 114 valence electrons. The Labute approximate surface area is 120 Å². The summed E-state index contributed by atoms with van der Waals surface area (Å²) in [5.41, 5.74) is 0. The van der Waals surface area contributed by atoms with E-state index in [0.717, 1.165) is 11.5 Å². The Morgan fingerprint density at radius 2 is 1.30 bits per heavy atom. The monoisotopic (exact) mass is 284 g/mol. The summed E-state index contributed by atoms with van der Waals surface area (Å²) in [6, 6.07) is 7.62. The van der Waals surface area contributed by atoms with Crippen molar-refractivity contribution in [3.8, 4) is 11.5 Å². The summed E-state index contributed by atoms with van der Waals surface area (Å²) >= 11 is 0. The second-order valence-electron chi connectivity index (χ2n) is 3.95. The van der Waals surface area contributed by atoms with Crippen molar-refractivity contribution in [3.63, 3.8) is 0 Å². The molecule has 0 bridgehead atoms. The number of para-hydroxylation sites is 2. The van der Waals surface area contributed by atoms with Gasteiger partial charge in [0.15, 0.2) is 11.5 Å². The van der Waals surface area contributed by atoms with Crippen molar-refractivity contribution >= 4 is 0 Å². The zero-order chi connectivity index (χ0) is 14.5. The van der Waals surface area contributed by atoms with Gasteiger partial charge in [0.25, 0.3) is 0 Å². The predicted molar refractivity (Wildman–Crippen MR) is 76.6 cm³/mol. The van der Waals surface area contributed by atoms with Crippen molar-refractivity contribution in [2.45, 2.75) is 6.92 Å². The maximum atomic E-state index is 5.62. The Kier molecular flexibility index (Phi) is 9.65. The summed E-state index contributed by atoms with van der Waals surface area (Å²) in [6.45, 7) is 5.91. The van der Waals surface area contributed by atoms with Crippen LogP contribution in [0.4, 0.5) is 0 Å². The fourth-order valence-corrected chi connectivity index (χ4v) is 1.52. The van der Waals surface area contributed by atoms with Crippen molar-refractivity contribution in [3.05, 3.63) is 24.3 Å². The molecule has 1 rings (SSSR count). The average molecular weight is 284 g/mol. The SMILES string of the molecule is CCOc1ccccc1OCCOCCOCCOC. The van der Waals surface area contributed by atoms with Gasteiger partial charge in [-0.25, -0.2) is 0 Å². The molecule has 0 atom stereocenters. The Balaban J connectivity index is 2.06. The standard InChI is InChI=1S/C15H24O5/c1-3-19-14-6-4-5-7-15(14)20-13-12-18-11-10-17-9-8-16-2/h4-7H,3,8-13H2,1-2H3. The van der Waals surface area contributed by atoms with Gasteiger partial charge in [0.05, 0.1) is 39.6 Å². The zero-order valence-corrected chi connectivity index (χ0v) is 12.3. The largest absolute Gasteiger partial charge is 0.490 e. The fourth-order valence-electron chi connectivity index (χ4n) is 1.52. The number of methoxy groups -OCH3 is 1. The third-order valence-corrected chi connectivity index (χ3v) is 2.44. The van der Waals surface area contributed by atoms with Gasteiger partial charge >= 0.3 is 0 Å². The molecule has 0 saturated heterocycles. The Morgan fingerprint density at radius 3 is 1.90 bits per heavy atom. The second-order valence-corrected chi connectivity index (χ2v) is 3.95. The third kappa shape index (κ3) is 7.33. The number of ether oxygens (including phenoxy) is 5. The first-order chi connectivity index (χ1) is 9.88. The number of hydrogen-bond acceptors (Lipinski definition) is 5. The van der Waals surface area contributed by atoms with Gasteiger partial charge in [-0.3, -0.25) is 0 Å². The predicted octanol–water partition coefficient (Wildman–Crippen LogP) is 2.14. The van der Waals surface area contributed by atoms with Gasteiger partial charge < -0.3 is 23.7 Å². The van der Waals surface area contributed by atoms with E-state index in [0.29, 0.717) is 46.2 Å². The quantitative estimate of drug-likeness (QED) is 0.550. The smallest absolute Gasteiger partial charge is 0.161 e. The molecule has 5 heteroatoms. The van der Waals surface area contributed by atoms with E-state index in [1.807, 2.05) is 31.2 Å². The summed E-state index contributed by atoms with van der Waals surface area (Å²) in [7, 11) is 1.65. The highest BCUT2D eigenvalue weighted by Gasteiger charge is 2.02. The average Bonchev–Trinajstić information content (AvgIpc) is 2.47. The van der Waals surface area contributed by atoms with E-state index in [9.17, 15) is 0 Å². The zero-order valence-electron chi connectivity index (χ0n) is 12.3. The lowest BCUT2D eigenvalue weighted by atomic mass is 10.3. The first kappa shape index (κ1) is 16.8. The Bertz CT molecular complexity index is 343. The maximum absolute atomic E-state index is 5.62. The Morgan fingerprint density at radius 1 is 0.750 bits per heavy atom. The van der Waals surface area contributed by atoms with Crippen LogP contribution >= 0.6 is 0 Å². The van der Waals surface area contributed by atoms with E-state index < -0.39 is 0 Å². The van der Waals surface area contributed by atoms with Crippen LogP contribution in [0.1, 0.15) is 6.92 Å². The third-order valence-electron chi connectivity index (χ3n) is 2.44. The lowest BCUT2D eigenvalue weighted by Gasteiger charge is -2.11. The first-order valence-corrected chi connectivity index (χ1v) is 6.87. The molecule has 0 aromatic heterocycles. The van der Waals surface area contributed by atoms with Crippen LogP contribution in [-0.2, 0) is 14.2 Å². The fraction of sp³-hybridized carbons (Fsp3) is 0.600. The molecule has 0 spiro atoms. The van der Waals surface area contributed by atoms with Crippen LogP contribution in [0.3, 0.4) is 0 Å². The molecule has 1 aromatic carbocycles. The molecule has 0 aliphatic heterocycles. The van der Waals surface area contributed by atoms with Gasteiger partial charge in [-0.05, 0) is 19.1 Å². The van der Waals surface area contributed by atoms with Crippen LogP contribution in [0.25, 0.3) is 0 Å². The molecular formula is C15H24O5. The molecule has 0 N–H and O–H groups in total. The molecule has 0 aliphatic carbocycles. The Hall–Kier alpha value is -1.30. The van der Waals surface area contributed by atoms with Crippen molar-refractivity contribution in [2.24, 2.45) is 0 Å². The highest BCUT2D eigenvalue weighted by molar-refractivity contribution is 5.39. The summed E-state index contributed by atoms with van der Waals surface area (Å²) in [5.74, 6) is 1.51. The van der Waals surface area contributed by atoms with Crippen molar-refractivity contribution in [1.82, 2.24) is 0 Å². The van der Waals surface area contributed by atoms with E-state index >= 15 is 0 Å². The molecule has 0 fully saturated rings. The van der Waals surface area contributed by atoms with E-state index in [1.54, 1.807) is 7.11 Å². The number of rotatable bonds is 12. The van der Waals surface area contributed by atoms with Gasteiger partial charge in [-0.1, -0.05) is 12.1 Å². The summed E-state index contributed by atoms with van der Waals surface area (Å²) in [4.78, 5) is 0. The molecule has 0 heterocycles. The molecule has 20 heavy (non-hydrogen) atoms. The van der Waals surface area contributed by atoms with Gasteiger partial charge in [0.2, 0.25) is 0 Å². The minimum absolute atomic E-state index is 0.488. The van der Waals surface area contributed by atoms with Crippen LogP contribution in [0.2, 0.25) is 0 Å². The van der Waals surface area contributed by atoms with Crippen LogP contribution < -0.4 is 9.47 Å². The molecule has 0 unspecified atom stereocenters. The van der Waals surface area contributed by atoms with Crippen LogP contribution in [0.15, 0.2) is 24.3 Å². The molecule has 0 amide bonds. The second kappa shape index (κ2) is 11.5. The van der Waals surface area contributed by atoms with Gasteiger partial charge in [-0.15, -0.1) is 0 Å². The van der Waals surface area contributed by atoms with E-state index in [1.165, 1.54) is 0 Å². The summed E-state index contributed by atoms with van der Waals surface area (Å²) in [5, 5.41) is 0.